The number of pyridine rings is 1. The fourth-order valence-corrected chi connectivity index (χ4v) is 4.07. The van der Waals surface area contributed by atoms with Crippen LogP contribution in [0.5, 0.6) is 0 Å². The first kappa shape index (κ1) is 16.0. The van der Waals surface area contributed by atoms with Gasteiger partial charge in [0.05, 0.1) is 5.52 Å². The SMILES string of the molecule is COC(c1ccc(C)c2c1ccc1nnnn12)P(=O)(OC)OC. The van der Waals surface area contributed by atoms with Gasteiger partial charge in [-0.05, 0) is 35.0 Å². The highest BCUT2D eigenvalue weighted by Crippen LogP contribution is 2.61. The van der Waals surface area contributed by atoms with Gasteiger partial charge in [-0.15, -0.1) is 5.10 Å². The second kappa shape index (κ2) is 5.98. The smallest absolute Gasteiger partial charge is 0.363 e. The average Bonchev–Trinajstić information content (AvgIpc) is 3.05. The Morgan fingerprint density at radius 3 is 2.52 bits per heavy atom. The van der Waals surface area contributed by atoms with Crippen LogP contribution in [0.25, 0.3) is 16.6 Å². The number of ether oxygens (including phenoxy) is 1. The second-order valence-corrected chi connectivity index (χ2v) is 7.29. The van der Waals surface area contributed by atoms with Gasteiger partial charge >= 0.3 is 7.60 Å². The Balaban J connectivity index is 2.34. The minimum absolute atomic E-state index is 0.633. The number of benzene rings is 1. The molecule has 0 spiro atoms. The van der Waals surface area contributed by atoms with Gasteiger partial charge in [-0.25, -0.2) is 0 Å². The molecule has 1 aromatic carbocycles. The van der Waals surface area contributed by atoms with Crippen molar-refractivity contribution >= 4 is 24.1 Å². The van der Waals surface area contributed by atoms with Gasteiger partial charge in [0.2, 0.25) is 0 Å². The second-order valence-electron chi connectivity index (χ2n) is 5.01. The molecule has 0 aliphatic rings. The molecule has 0 aliphatic heterocycles. The summed E-state index contributed by atoms with van der Waals surface area (Å²) in [5.74, 6) is -0.852. The van der Waals surface area contributed by atoms with Crippen LogP contribution in [0, 0.1) is 6.92 Å². The predicted octanol–water partition coefficient (Wildman–Crippen LogP) is 2.72. The Bertz CT molecular complexity index is 902. The van der Waals surface area contributed by atoms with Crippen LogP contribution < -0.4 is 0 Å². The molecule has 0 radical (unpaired) electrons. The molecular formula is C14H17N4O4P. The topological polar surface area (TPSA) is 87.8 Å². The minimum Gasteiger partial charge on any atom is -0.364 e. The number of rotatable bonds is 5. The highest BCUT2D eigenvalue weighted by atomic mass is 31.2. The molecule has 9 heteroatoms. The molecule has 8 nitrogen and oxygen atoms in total. The van der Waals surface area contributed by atoms with Crippen molar-refractivity contribution in [3.63, 3.8) is 0 Å². The van der Waals surface area contributed by atoms with Gasteiger partial charge < -0.3 is 13.8 Å². The monoisotopic (exact) mass is 336 g/mol. The average molecular weight is 336 g/mol. The molecule has 0 fully saturated rings. The molecule has 0 saturated carbocycles. The van der Waals surface area contributed by atoms with Crippen LogP contribution in [-0.2, 0) is 18.3 Å². The van der Waals surface area contributed by atoms with E-state index >= 15 is 0 Å². The molecule has 0 bridgehead atoms. The van der Waals surface area contributed by atoms with Gasteiger partial charge in [-0.3, -0.25) is 4.57 Å². The molecule has 2 heterocycles. The Labute approximate surface area is 132 Å². The summed E-state index contributed by atoms with van der Waals surface area (Å²) in [5, 5.41) is 12.5. The predicted molar refractivity (Wildman–Crippen MR) is 84.4 cm³/mol. The first-order valence-corrected chi connectivity index (χ1v) is 8.51. The van der Waals surface area contributed by atoms with E-state index in [2.05, 4.69) is 15.5 Å². The number of aromatic nitrogens is 4. The highest BCUT2D eigenvalue weighted by molar-refractivity contribution is 7.54. The maximum Gasteiger partial charge on any atom is 0.363 e. The van der Waals surface area contributed by atoms with Gasteiger partial charge in [-0.1, -0.05) is 12.1 Å². The maximum absolute atomic E-state index is 12.8. The first-order chi connectivity index (χ1) is 11.1. The van der Waals surface area contributed by atoms with Crippen molar-refractivity contribution < 1.29 is 18.3 Å². The van der Waals surface area contributed by atoms with E-state index in [0.717, 1.165) is 16.5 Å². The summed E-state index contributed by atoms with van der Waals surface area (Å²) >= 11 is 0. The number of hydrogen-bond donors (Lipinski definition) is 0. The van der Waals surface area contributed by atoms with Crippen molar-refractivity contribution in [2.45, 2.75) is 12.8 Å². The van der Waals surface area contributed by atoms with Gasteiger partial charge in [0.15, 0.2) is 11.5 Å². The molecule has 0 saturated heterocycles. The molecule has 1 unspecified atom stereocenters. The van der Waals surface area contributed by atoms with Crippen LogP contribution in [0.3, 0.4) is 0 Å². The van der Waals surface area contributed by atoms with E-state index < -0.39 is 13.4 Å². The quantitative estimate of drug-likeness (QED) is 0.662. The third kappa shape index (κ3) is 2.44. The Morgan fingerprint density at radius 2 is 1.87 bits per heavy atom. The van der Waals surface area contributed by atoms with Crippen LogP contribution in [-0.4, -0.2) is 41.4 Å². The van der Waals surface area contributed by atoms with Crippen LogP contribution in [0.1, 0.15) is 17.0 Å². The van der Waals surface area contributed by atoms with E-state index in [4.69, 9.17) is 13.8 Å². The lowest BCUT2D eigenvalue weighted by Crippen LogP contribution is -2.08. The standard InChI is InChI=1S/C14H17N4O4P/c1-9-5-6-11(14(20-2)23(19,21-3)22-4)10-7-8-12-15-16-17-18(12)13(9)10/h5-8,14H,1-4H3. The fourth-order valence-electron chi connectivity index (χ4n) is 2.71. The maximum atomic E-state index is 12.8. The van der Waals surface area contributed by atoms with E-state index in [0.29, 0.717) is 11.2 Å². The van der Waals surface area contributed by atoms with Crippen LogP contribution in [0.15, 0.2) is 24.3 Å². The van der Waals surface area contributed by atoms with Crippen molar-refractivity contribution in [1.82, 2.24) is 20.0 Å². The molecule has 0 aliphatic carbocycles. The largest absolute Gasteiger partial charge is 0.364 e. The van der Waals surface area contributed by atoms with Crippen LogP contribution in [0.2, 0.25) is 0 Å². The number of fused-ring (bicyclic) bond motifs is 3. The number of tetrazole rings is 1. The molecule has 0 N–H and O–H groups in total. The number of methoxy groups -OCH3 is 1. The normalized spacial score (nSPS) is 13.7. The molecule has 3 rings (SSSR count). The fraction of sp³-hybridized carbons (Fsp3) is 0.357. The highest BCUT2D eigenvalue weighted by Gasteiger charge is 2.37. The Hall–Kier alpha value is -1.86. The summed E-state index contributed by atoms with van der Waals surface area (Å²) < 4.78 is 30.1. The summed E-state index contributed by atoms with van der Waals surface area (Å²) in [5.41, 5.74) is 3.14. The molecule has 3 aromatic rings. The first-order valence-electron chi connectivity index (χ1n) is 6.90. The summed E-state index contributed by atoms with van der Waals surface area (Å²) in [6.45, 7) is 1.96. The third-order valence-electron chi connectivity index (χ3n) is 3.84. The molecule has 2 aromatic heterocycles. The molecule has 0 amide bonds. The zero-order valence-electron chi connectivity index (χ0n) is 13.3. The number of nitrogens with zero attached hydrogens (tertiary/aromatic N) is 4. The van der Waals surface area contributed by atoms with Gasteiger partial charge in [-0.2, -0.15) is 4.52 Å². The lowest BCUT2D eigenvalue weighted by atomic mass is 10.0. The summed E-state index contributed by atoms with van der Waals surface area (Å²) in [6.07, 6.45) is 0. The van der Waals surface area contributed by atoms with E-state index in [9.17, 15) is 4.57 Å². The summed E-state index contributed by atoms with van der Waals surface area (Å²) in [6, 6.07) is 7.43. The van der Waals surface area contributed by atoms with E-state index in [1.807, 2.05) is 25.1 Å². The Kier molecular flexibility index (Phi) is 4.16. The lowest BCUT2D eigenvalue weighted by molar-refractivity contribution is 0.124. The zero-order chi connectivity index (χ0) is 16.6. The summed E-state index contributed by atoms with van der Waals surface area (Å²) in [7, 11) is 0.686. The van der Waals surface area contributed by atoms with Crippen molar-refractivity contribution in [2.24, 2.45) is 0 Å². The molecule has 23 heavy (non-hydrogen) atoms. The lowest BCUT2D eigenvalue weighted by Gasteiger charge is -2.24. The van der Waals surface area contributed by atoms with Gasteiger partial charge in [0.1, 0.15) is 0 Å². The third-order valence-corrected chi connectivity index (χ3v) is 5.92. The van der Waals surface area contributed by atoms with E-state index in [-0.39, 0.29) is 0 Å². The van der Waals surface area contributed by atoms with Crippen molar-refractivity contribution in [2.75, 3.05) is 21.3 Å². The Morgan fingerprint density at radius 1 is 1.13 bits per heavy atom. The van der Waals surface area contributed by atoms with Gasteiger partial charge in [0, 0.05) is 32.3 Å². The summed E-state index contributed by atoms with van der Waals surface area (Å²) in [4.78, 5) is 0. The van der Waals surface area contributed by atoms with Crippen LogP contribution in [0.4, 0.5) is 0 Å². The van der Waals surface area contributed by atoms with Gasteiger partial charge in [0.25, 0.3) is 0 Å². The minimum atomic E-state index is -3.46. The number of aryl methyl sites for hydroxylation is 1. The van der Waals surface area contributed by atoms with Crippen molar-refractivity contribution in [3.05, 3.63) is 35.4 Å². The van der Waals surface area contributed by atoms with Crippen molar-refractivity contribution in [1.29, 1.82) is 0 Å². The molecule has 122 valence electrons. The zero-order valence-corrected chi connectivity index (χ0v) is 14.2. The van der Waals surface area contributed by atoms with E-state index in [1.54, 1.807) is 10.6 Å². The number of hydrogen-bond acceptors (Lipinski definition) is 7. The van der Waals surface area contributed by atoms with Crippen LogP contribution >= 0.6 is 7.60 Å². The van der Waals surface area contributed by atoms with Crippen molar-refractivity contribution in [3.8, 4) is 0 Å². The molecular weight excluding hydrogens is 319 g/mol. The molecule has 1 atom stereocenters. The van der Waals surface area contributed by atoms with E-state index in [1.165, 1.54) is 21.3 Å².